The summed E-state index contributed by atoms with van der Waals surface area (Å²) in [6, 6.07) is 5.52. The van der Waals surface area contributed by atoms with Gasteiger partial charge in [0.1, 0.15) is 23.7 Å². The van der Waals surface area contributed by atoms with Crippen LogP contribution in [0.4, 0.5) is 4.39 Å². The Hall–Kier alpha value is -1.33. The number of likely N-dealkylation sites (tertiary alicyclic amines) is 1. The molecule has 112 valence electrons. The minimum atomic E-state index is -0.794. The van der Waals surface area contributed by atoms with E-state index in [0.717, 1.165) is 12.8 Å². The molecule has 2 rings (SSSR count). The average Bonchev–Trinajstić information content (AvgIpc) is 2.41. The molecule has 1 heterocycles. The number of hydrogen-bond acceptors (Lipinski definition) is 3. The third kappa shape index (κ3) is 4.35. The number of ether oxygens (including phenoxy) is 1. The first kappa shape index (κ1) is 16.7. The molecule has 1 aromatic carbocycles. The second kappa shape index (κ2) is 7.45. The summed E-state index contributed by atoms with van der Waals surface area (Å²) in [5.41, 5.74) is 0. The Morgan fingerprint density at radius 1 is 1.35 bits per heavy atom. The average molecular weight is 304 g/mol. The molecular weight excluding hydrogens is 285 g/mol. The van der Waals surface area contributed by atoms with Gasteiger partial charge in [-0.15, -0.1) is 12.4 Å². The van der Waals surface area contributed by atoms with Crippen LogP contribution in [0, 0.1) is 5.82 Å². The van der Waals surface area contributed by atoms with Crippen molar-refractivity contribution < 1.29 is 19.0 Å². The quantitative estimate of drug-likeness (QED) is 0.929. The molecule has 1 atom stereocenters. The van der Waals surface area contributed by atoms with Crippen molar-refractivity contribution in [3.05, 3.63) is 30.1 Å². The SMILES string of the molecule is CC(C(=O)O)N1CCC(Oc2ccc(F)cc2)CC1.Cl. The van der Waals surface area contributed by atoms with Crippen LogP contribution in [-0.4, -0.2) is 41.2 Å². The molecule has 0 aromatic heterocycles. The molecule has 1 aromatic rings. The smallest absolute Gasteiger partial charge is 0.320 e. The number of carbonyl (C=O) groups is 1. The molecule has 1 aliphatic heterocycles. The number of carboxylic acids is 1. The Bertz CT molecular complexity index is 433. The minimum absolute atomic E-state index is 0. The number of aliphatic carboxylic acids is 1. The van der Waals surface area contributed by atoms with Gasteiger partial charge in [-0.25, -0.2) is 4.39 Å². The number of benzene rings is 1. The van der Waals surface area contributed by atoms with E-state index in [-0.39, 0.29) is 24.3 Å². The molecule has 0 bridgehead atoms. The van der Waals surface area contributed by atoms with Gasteiger partial charge < -0.3 is 9.84 Å². The van der Waals surface area contributed by atoms with Crippen molar-refractivity contribution in [2.75, 3.05) is 13.1 Å². The van der Waals surface area contributed by atoms with Crippen LogP contribution >= 0.6 is 12.4 Å². The van der Waals surface area contributed by atoms with Gasteiger partial charge >= 0.3 is 5.97 Å². The Morgan fingerprint density at radius 3 is 2.40 bits per heavy atom. The highest BCUT2D eigenvalue weighted by atomic mass is 35.5. The standard InChI is InChI=1S/C14H18FNO3.ClH/c1-10(14(17)18)16-8-6-13(7-9-16)19-12-4-2-11(15)3-5-12;/h2-5,10,13H,6-9H2,1H3,(H,17,18);1H. The van der Waals surface area contributed by atoms with E-state index in [1.54, 1.807) is 19.1 Å². The molecule has 0 radical (unpaired) electrons. The summed E-state index contributed by atoms with van der Waals surface area (Å²) in [5, 5.41) is 8.95. The maximum Gasteiger partial charge on any atom is 0.320 e. The van der Waals surface area contributed by atoms with E-state index in [1.807, 2.05) is 4.90 Å². The van der Waals surface area contributed by atoms with Crippen LogP contribution in [0.15, 0.2) is 24.3 Å². The first-order chi connectivity index (χ1) is 9.06. The summed E-state index contributed by atoms with van der Waals surface area (Å²) in [6.07, 6.45) is 1.65. The Labute approximate surface area is 123 Å². The first-order valence-corrected chi connectivity index (χ1v) is 6.45. The van der Waals surface area contributed by atoms with E-state index in [4.69, 9.17) is 9.84 Å². The number of rotatable bonds is 4. The van der Waals surface area contributed by atoms with Crippen LogP contribution < -0.4 is 4.74 Å². The summed E-state index contributed by atoms with van der Waals surface area (Å²) < 4.78 is 18.5. The largest absolute Gasteiger partial charge is 0.490 e. The lowest BCUT2D eigenvalue weighted by molar-refractivity contribution is -0.143. The van der Waals surface area contributed by atoms with Crippen molar-refractivity contribution in [2.45, 2.75) is 31.9 Å². The number of piperidine rings is 1. The lowest BCUT2D eigenvalue weighted by Crippen LogP contribution is -2.46. The predicted molar refractivity (Wildman–Crippen MR) is 76.0 cm³/mol. The van der Waals surface area contributed by atoms with E-state index in [1.165, 1.54) is 12.1 Å². The lowest BCUT2D eigenvalue weighted by Gasteiger charge is -2.34. The van der Waals surface area contributed by atoms with Crippen molar-refractivity contribution in [1.29, 1.82) is 0 Å². The third-order valence-corrected chi connectivity index (χ3v) is 3.50. The maximum absolute atomic E-state index is 12.8. The lowest BCUT2D eigenvalue weighted by atomic mass is 10.1. The van der Waals surface area contributed by atoms with Gasteiger partial charge in [-0.1, -0.05) is 0 Å². The van der Waals surface area contributed by atoms with Gasteiger partial charge in [0.25, 0.3) is 0 Å². The summed E-state index contributed by atoms with van der Waals surface area (Å²) in [7, 11) is 0. The summed E-state index contributed by atoms with van der Waals surface area (Å²) in [5.74, 6) is -0.415. The van der Waals surface area contributed by atoms with Crippen molar-refractivity contribution in [3.8, 4) is 5.75 Å². The zero-order valence-corrected chi connectivity index (χ0v) is 12.1. The number of hydrogen-bond donors (Lipinski definition) is 1. The monoisotopic (exact) mass is 303 g/mol. The summed E-state index contributed by atoms with van der Waals surface area (Å²) in [4.78, 5) is 12.8. The van der Waals surface area contributed by atoms with E-state index in [0.29, 0.717) is 18.8 Å². The molecule has 4 nitrogen and oxygen atoms in total. The third-order valence-electron chi connectivity index (χ3n) is 3.50. The van der Waals surface area contributed by atoms with Crippen molar-refractivity contribution in [2.24, 2.45) is 0 Å². The molecule has 1 saturated heterocycles. The zero-order valence-electron chi connectivity index (χ0n) is 11.3. The highest BCUT2D eigenvalue weighted by molar-refractivity contribution is 5.85. The highest BCUT2D eigenvalue weighted by Crippen LogP contribution is 2.20. The highest BCUT2D eigenvalue weighted by Gasteiger charge is 2.26. The topological polar surface area (TPSA) is 49.8 Å². The van der Waals surface area contributed by atoms with Crippen LogP contribution in [0.1, 0.15) is 19.8 Å². The molecule has 20 heavy (non-hydrogen) atoms. The molecule has 0 spiro atoms. The van der Waals surface area contributed by atoms with Gasteiger partial charge in [0.05, 0.1) is 0 Å². The second-order valence-corrected chi connectivity index (χ2v) is 4.82. The Kier molecular flexibility index (Phi) is 6.23. The fourth-order valence-corrected chi connectivity index (χ4v) is 2.24. The van der Waals surface area contributed by atoms with E-state index in [2.05, 4.69) is 0 Å². The van der Waals surface area contributed by atoms with Gasteiger partial charge in [-0.05, 0) is 44.0 Å². The van der Waals surface area contributed by atoms with Crippen LogP contribution in [0.25, 0.3) is 0 Å². The van der Waals surface area contributed by atoms with E-state index >= 15 is 0 Å². The van der Waals surface area contributed by atoms with Crippen LogP contribution in [-0.2, 0) is 4.79 Å². The predicted octanol–water partition coefficient (Wildman–Crippen LogP) is 2.56. The Balaban J connectivity index is 0.00000200. The van der Waals surface area contributed by atoms with Gasteiger partial charge in [-0.2, -0.15) is 0 Å². The van der Waals surface area contributed by atoms with Crippen LogP contribution in [0.2, 0.25) is 0 Å². The minimum Gasteiger partial charge on any atom is -0.490 e. The molecule has 0 amide bonds. The normalized spacial score (nSPS) is 18.1. The first-order valence-electron chi connectivity index (χ1n) is 6.45. The molecule has 1 N–H and O–H groups in total. The fraction of sp³-hybridized carbons (Fsp3) is 0.500. The van der Waals surface area contributed by atoms with Crippen LogP contribution in [0.3, 0.4) is 0 Å². The van der Waals surface area contributed by atoms with E-state index in [9.17, 15) is 9.18 Å². The van der Waals surface area contributed by atoms with Gasteiger partial charge in [-0.3, -0.25) is 9.69 Å². The van der Waals surface area contributed by atoms with E-state index < -0.39 is 12.0 Å². The van der Waals surface area contributed by atoms with Crippen LogP contribution in [0.5, 0.6) is 5.75 Å². The number of carboxylic acid groups (broad SMARTS) is 1. The molecular formula is C14H19ClFNO3. The van der Waals surface area contributed by atoms with Gasteiger partial charge in [0, 0.05) is 13.1 Å². The zero-order chi connectivity index (χ0) is 13.8. The second-order valence-electron chi connectivity index (χ2n) is 4.82. The number of nitrogens with zero attached hydrogens (tertiary/aromatic N) is 1. The number of halogens is 2. The molecule has 1 aliphatic rings. The molecule has 0 saturated carbocycles. The summed E-state index contributed by atoms with van der Waals surface area (Å²) >= 11 is 0. The summed E-state index contributed by atoms with van der Waals surface area (Å²) in [6.45, 7) is 3.11. The van der Waals surface area contributed by atoms with Crippen molar-refractivity contribution in [1.82, 2.24) is 4.90 Å². The van der Waals surface area contributed by atoms with Crippen molar-refractivity contribution >= 4 is 18.4 Å². The molecule has 6 heteroatoms. The molecule has 1 fully saturated rings. The van der Waals surface area contributed by atoms with Gasteiger partial charge in [0.15, 0.2) is 0 Å². The molecule has 1 unspecified atom stereocenters. The van der Waals surface area contributed by atoms with Gasteiger partial charge in [0.2, 0.25) is 0 Å². The molecule has 0 aliphatic carbocycles. The maximum atomic E-state index is 12.8. The fourth-order valence-electron chi connectivity index (χ4n) is 2.24. The Morgan fingerprint density at radius 2 is 1.90 bits per heavy atom. The van der Waals surface area contributed by atoms with Crippen molar-refractivity contribution in [3.63, 3.8) is 0 Å².